The number of nitrogens with zero attached hydrogens (tertiary/aromatic N) is 1. The zero-order chi connectivity index (χ0) is 22.2. The van der Waals surface area contributed by atoms with Crippen LogP contribution in [0.3, 0.4) is 0 Å². The standard InChI is InChI=1S/C20H24ClF3N2O3S/c1-2-3-12-26(15-16-5-4-6-17(21)14-16)13-11-25-30(27,28)19-9-7-18(8-10-19)29-20(22,23)24/h4-10,14,25H,2-3,11-13,15H2,1H3. The maximum atomic E-state index is 12.4. The third kappa shape index (κ3) is 8.51. The summed E-state index contributed by atoms with van der Waals surface area (Å²) in [6, 6.07) is 11.6. The first-order valence-corrected chi connectivity index (χ1v) is 11.3. The van der Waals surface area contributed by atoms with Crippen LogP contribution in [-0.4, -0.2) is 39.3 Å². The summed E-state index contributed by atoms with van der Waals surface area (Å²) in [5.74, 6) is -0.478. The smallest absolute Gasteiger partial charge is 0.406 e. The van der Waals surface area contributed by atoms with Crippen molar-refractivity contribution in [1.29, 1.82) is 0 Å². The highest BCUT2D eigenvalue weighted by Crippen LogP contribution is 2.23. The highest BCUT2D eigenvalue weighted by molar-refractivity contribution is 7.89. The van der Waals surface area contributed by atoms with E-state index in [1.807, 2.05) is 18.2 Å². The highest BCUT2D eigenvalue weighted by atomic mass is 35.5. The SMILES string of the molecule is CCCCN(CCNS(=O)(=O)c1ccc(OC(F)(F)F)cc1)Cc1cccc(Cl)c1. The van der Waals surface area contributed by atoms with Crippen LogP contribution in [-0.2, 0) is 16.6 Å². The van der Waals surface area contributed by atoms with Crippen LogP contribution in [0.5, 0.6) is 5.75 Å². The number of hydrogen-bond acceptors (Lipinski definition) is 4. The summed E-state index contributed by atoms with van der Waals surface area (Å²) in [6.07, 6.45) is -2.86. The van der Waals surface area contributed by atoms with Gasteiger partial charge >= 0.3 is 6.36 Å². The second kappa shape index (κ2) is 11.0. The van der Waals surface area contributed by atoms with Crippen molar-refractivity contribution in [2.45, 2.75) is 37.6 Å². The minimum atomic E-state index is -4.83. The highest BCUT2D eigenvalue weighted by Gasteiger charge is 2.31. The molecule has 0 aliphatic carbocycles. The summed E-state index contributed by atoms with van der Waals surface area (Å²) >= 11 is 6.03. The van der Waals surface area contributed by atoms with Crippen LogP contribution < -0.4 is 9.46 Å². The lowest BCUT2D eigenvalue weighted by molar-refractivity contribution is -0.274. The molecule has 0 fully saturated rings. The Kier molecular flexibility index (Phi) is 8.96. The summed E-state index contributed by atoms with van der Waals surface area (Å²) in [5.41, 5.74) is 1.03. The lowest BCUT2D eigenvalue weighted by Crippen LogP contribution is -2.35. The maximum absolute atomic E-state index is 12.4. The fourth-order valence-corrected chi connectivity index (χ4v) is 4.02. The van der Waals surface area contributed by atoms with E-state index in [2.05, 4.69) is 21.3 Å². The number of hydrogen-bond donors (Lipinski definition) is 1. The van der Waals surface area contributed by atoms with Gasteiger partial charge in [0.05, 0.1) is 4.90 Å². The molecule has 0 aliphatic heterocycles. The van der Waals surface area contributed by atoms with Crippen LogP contribution in [0.2, 0.25) is 5.02 Å². The minimum Gasteiger partial charge on any atom is -0.406 e. The Bertz CT molecular complexity index is 906. The van der Waals surface area contributed by atoms with Gasteiger partial charge in [0.15, 0.2) is 0 Å². The van der Waals surface area contributed by atoms with E-state index in [1.54, 1.807) is 6.07 Å². The van der Waals surface area contributed by atoms with E-state index in [9.17, 15) is 21.6 Å². The van der Waals surface area contributed by atoms with Gasteiger partial charge in [0.1, 0.15) is 5.75 Å². The van der Waals surface area contributed by atoms with Gasteiger partial charge in [0, 0.05) is 24.7 Å². The number of nitrogens with one attached hydrogen (secondary N) is 1. The largest absolute Gasteiger partial charge is 0.573 e. The number of alkyl halides is 3. The van der Waals surface area contributed by atoms with E-state index in [0.29, 0.717) is 18.1 Å². The van der Waals surface area contributed by atoms with Crippen molar-refractivity contribution < 1.29 is 26.3 Å². The second-order valence-electron chi connectivity index (χ2n) is 6.68. The van der Waals surface area contributed by atoms with Crippen molar-refractivity contribution in [3.05, 3.63) is 59.1 Å². The fraction of sp³-hybridized carbons (Fsp3) is 0.400. The molecule has 0 atom stereocenters. The van der Waals surface area contributed by atoms with Crippen molar-refractivity contribution in [3.63, 3.8) is 0 Å². The van der Waals surface area contributed by atoms with Gasteiger partial charge in [0.2, 0.25) is 10.0 Å². The number of sulfonamides is 1. The van der Waals surface area contributed by atoms with E-state index < -0.39 is 22.1 Å². The monoisotopic (exact) mass is 464 g/mol. The molecule has 2 aromatic carbocycles. The molecular weight excluding hydrogens is 441 g/mol. The molecule has 2 aromatic rings. The summed E-state index contributed by atoms with van der Waals surface area (Å²) in [6.45, 7) is 4.14. The van der Waals surface area contributed by atoms with Crippen molar-refractivity contribution in [2.24, 2.45) is 0 Å². The van der Waals surface area contributed by atoms with Gasteiger partial charge in [-0.3, -0.25) is 4.90 Å². The predicted octanol–water partition coefficient (Wildman–Crippen LogP) is 4.82. The van der Waals surface area contributed by atoms with Crippen molar-refractivity contribution in [1.82, 2.24) is 9.62 Å². The zero-order valence-corrected chi connectivity index (χ0v) is 18.0. The normalized spacial score (nSPS) is 12.3. The van der Waals surface area contributed by atoms with Crippen LogP contribution in [0, 0.1) is 0 Å². The number of benzene rings is 2. The lowest BCUT2D eigenvalue weighted by Gasteiger charge is -2.22. The first-order chi connectivity index (χ1) is 14.1. The third-order valence-electron chi connectivity index (χ3n) is 4.21. The van der Waals surface area contributed by atoms with Gasteiger partial charge in [-0.25, -0.2) is 13.1 Å². The fourth-order valence-electron chi connectivity index (χ4n) is 2.79. The van der Waals surface area contributed by atoms with E-state index in [1.165, 1.54) is 0 Å². The van der Waals surface area contributed by atoms with Crippen molar-refractivity contribution >= 4 is 21.6 Å². The Morgan fingerprint density at radius 2 is 1.80 bits per heavy atom. The van der Waals surface area contributed by atoms with Crippen LogP contribution in [0.25, 0.3) is 0 Å². The predicted molar refractivity (Wildman–Crippen MR) is 110 cm³/mol. The summed E-state index contributed by atoms with van der Waals surface area (Å²) in [4.78, 5) is 1.99. The molecule has 0 aliphatic rings. The Labute approximate surface area is 179 Å². The number of ether oxygens (including phenoxy) is 1. The summed E-state index contributed by atoms with van der Waals surface area (Å²) < 4.78 is 67.7. The van der Waals surface area contributed by atoms with Crippen LogP contribution in [0.4, 0.5) is 13.2 Å². The van der Waals surface area contributed by atoms with Crippen molar-refractivity contribution in [3.8, 4) is 5.75 Å². The molecule has 0 heterocycles. The van der Waals surface area contributed by atoms with Crippen LogP contribution in [0.1, 0.15) is 25.3 Å². The Balaban J connectivity index is 1.95. The molecule has 0 bridgehead atoms. The molecule has 0 saturated heterocycles. The Morgan fingerprint density at radius 3 is 2.40 bits per heavy atom. The molecule has 0 amide bonds. The van der Waals surface area contributed by atoms with Crippen molar-refractivity contribution in [2.75, 3.05) is 19.6 Å². The van der Waals surface area contributed by atoms with Gasteiger partial charge < -0.3 is 4.74 Å². The minimum absolute atomic E-state index is 0.132. The number of rotatable bonds is 11. The first-order valence-electron chi connectivity index (χ1n) is 9.41. The van der Waals surface area contributed by atoms with Gasteiger partial charge in [-0.2, -0.15) is 0 Å². The van der Waals surface area contributed by atoms with E-state index in [-0.39, 0.29) is 11.4 Å². The second-order valence-corrected chi connectivity index (χ2v) is 8.88. The average Bonchev–Trinajstić information content (AvgIpc) is 2.65. The van der Waals surface area contributed by atoms with Crippen LogP contribution >= 0.6 is 11.6 Å². The Morgan fingerprint density at radius 1 is 1.10 bits per heavy atom. The van der Waals surface area contributed by atoms with Gasteiger partial charge in [0.25, 0.3) is 0 Å². The van der Waals surface area contributed by atoms with E-state index in [0.717, 1.165) is 49.2 Å². The molecule has 0 spiro atoms. The quantitative estimate of drug-likeness (QED) is 0.518. The molecule has 0 unspecified atom stereocenters. The van der Waals surface area contributed by atoms with E-state index in [4.69, 9.17) is 11.6 Å². The molecule has 0 radical (unpaired) electrons. The number of unbranched alkanes of at least 4 members (excludes halogenated alkanes) is 1. The third-order valence-corrected chi connectivity index (χ3v) is 5.92. The van der Waals surface area contributed by atoms with Crippen LogP contribution in [0.15, 0.2) is 53.4 Å². The van der Waals surface area contributed by atoms with E-state index >= 15 is 0 Å². The molecule has 30 heavy (non-hydrogen) atoms. The first kappa shape index (κ1) is 24.5. The molecule has 10 heteroatoms. The zero-order valence-electron chi connectivity index (χ0n) is 16.5. The average molecular weight is 465 g/mol. The molecule has 2 rings (SSSR count). The van der Waals surface area contributed by atoms with Gasteiger partial charge in [-0.05, 0) is 54.9 Å². The lowest BCUT2D eigenvalue weighted by atomic mass is 10.2. The van der Waals surface area contributed by atoms with Gasteiger partial charge in [-0.15, -0.1) is 13.2 Å². The molecule has 166 valence electrons. The molecule has 0 aromatic heterocycles. The topological polar surface area (TPSA) is 58.6 Å². The molecule has 0 saturated carbocycles. The molecule has 1 N–H and O–H groups in total. The summed E-state index contributed by atoms with van der Waals surface area (Å²) in [5, 5.41) is 0.640. The molecular formula is C20H24ClF3N2O3S. The molecule has 5 nitrogen and oxygen atoms in total. The maximum Gasteiger partial charge on any atom is 0.573 e. The number of halogens is 4. The Hall–Kier alpha value is -1.81. The van der Waals surface area contributed by atoms with Gasteiger partial charge in [-0.1, -0.05) is 37.1 Å². The summed E-state index contributed by atoms with van der Waals surface area (Å²) in [7, 11) is -3.85.